The summed E-state index contributed by atoms with van der Waals surface area (Å²) >= 11 is 5.42. The number of aromatic nitrogens is 1. The van der Waals surface area contributed by atoms with E-state index in [1.165, 1.54) is 16.6 Å². The number of pyridine rings is 1. The smallest absolute Gasteiger partial charge is 0.129 e. The summed E-state index contributed by atoms with van der Waals surface area (Å²) in [4.78, 5) is 6.72. The maximum atomic E-state index is 12.2. The lowest BCUT2D eigenvalue weighted by Gasteiger charge is -2.48. The van der Waals surface area contributed by atoms with E-state index < -0.39 is 11.2 Å². The van der Waals surface area contributed by atoms with Gasteiger partial charge in [-0.25, -0.2) is 4.98 Å². The van der Waals surface area contributed by atoms with Crippen molar-refractivity contribution in [2.75, 3.05) is 17.2 Å². The fraction of sp³-hybridized carbons (Fsp3) is 0.550. The van der Waals surface area contributed by atoms with Crippen LogP contribution in [0.1, 0.15) is 46.1 Å². The van der Waals surface area contributed by atoms with E-state index in [9.17, 15) is 4.55 Å². The molecule has 0 saturated carbocycles. The highest BCUT2D eigenvalue weighted by atomic mass is 35.5. The van der Waals surface area contributed by atoms with Gasteiger partial charge in [0.05, 0.1) is 0 Å². The van der Waals surface area contributed by atoms with Gasteiger partial charge in [0.25, 0.3) is 0 Å². The zero-order chi connectivity index (χ0) is 18.3. The Bertz CT molecular complexity index is 765. The Morgan fingerprint density at radius 1 is 1.28 bits per heavy atom. The van der Waals surface area contributed by atoms with Crippen LogP contribution in [0.4, 0.5) is 5.69 Å². The van der Waals surface area contributed by atoms with Crippen LogP contribution in [-0.2, 0) is 11.2 Å². The van der Waals surface area contributed by atoms with Crippen molar-refractivity contribution in [3.8, 4) is 0 Å². The Morgan fingerprint density at radius 3 is 2.60 bits per heavy atom. The molecule has 1 aliphatic heterocycles. The van der Waals surface area contributed by atoms with Crippen molar-refractivity contribution in [1.29, 1.82) is 0 Å². The van der Waals surface area contributed by atoms with Gasteiger partial charge in [0, 0.05) is 35.8 Å². The molecule has 0 N–H and O–H groups in total. The van der Waals surface area contributed by atoms with Gasteiger partial charge in [-0.3, -0.25) is 0 Å². The number of nitrogens with zero attached hydrogens (tertiary/aromatic N) is 2. The highest BCUT2D eigenvalue weighted by Crippen LogP contribution is 2.39. The van der Waals surface area contributed by atoms with E-state index in [-0.39, 0.29) is 5.25 Å². The quantitative estimate of drug-likeness (QED) is 0.543. The second-order valence-corrected chi connectivity index (χ2v) is 10.1. The van der Waals surface area contributed by atoms with Crippen molar-refractivity contribution in [3.63, 3.8) is 0 Å². The zero-order valence-corrected chi connectivity index (χ0v) is 17.2. The van der Waals surface area contributed by atoms with Gasteiger partial charge >= 0.3 is 0 Å². The Hall–Kier alpha value is -0.970. The summed E-state index contributed by atoms with van der Waals surface area (Å²) in [5.41, 5.74) is 2.51. The molecule has 2 aromatic rings. The minimum Gasteiger partial charge on any atom is -0.616 e. The minimum absolute atomic E-state index is 0.235. The summed E-state index contributed by atoms with van der Waals surface area (Å²) in [6.45, 7) is 11.7. The molecule has 1 aromatic heterocycles. The molecular weight excluding hydrogens is 352 g/mol. The van der Waals surface area contributed by atoms with Crippen molar-refractivity contribution >= 4 is 39.2 Å². The van der Waals surface area contributed by atoms with E-state index in [0.29, 0.717) is 23.0 Å². The Balaban J connectivity index is 1.89. The lowest BCUT2D eigenvalue weighted by molar-refractivity contribution is 0.341. The molecule has 136 valence electrons. The van der Waals surface area contributed by atoms with Crippen molar-refractivity contribution in [1.82, 2.24) is 4.98 Å². The first-order chi connectivity index (χ1) is 11.8. The van der Waals surface area contributed by atoms with Crippen LogP contribution in [0, 0.1) is 5.92 Å². The van der Waals surface area contributed by atoms with Crippen molar-refractivity contribution in [3.05, 3.63) is 35.1 Å². The summed E-state index contributed by atoms with van der Waals surface area (Å²) in [7, 11) is 0. The van der Waals surface area contributed by atoms with Crippen LogP contribution in [0.5, 0.6) is 0 Å². The van der Waals surface area contributed by atoms with Crippen LogP contribution >= 0.6 is 11.6 Å². The monoisotopic (exact) mass is 378 g/mol. The number of anilines is 1. The van der Waals surface area contributed by atoms with Crippen LogP contribution in [0.15, 0.2) is 24.4 Å². The Labute approximate surface area is 158 Å². The molecule has 3 nitrogen and oxygen atoms in total. The maximum Gasteiger partial charge on any atom is 0.129 e. The number of hydrogen-bond donors (Lipinski definition) is 0. The largest absolute Gasteiger partial charge is 0.616 e. The third-order valence-corrected chi connectivity index (χ3v) is 7.33. The van der Waals surface area contributed by atoms with Crippen LogP contribution in [0.3, 0.4) is 0 Å². The highest BCUT2D eigenvalue weighted by Gasteiger charge is 2.39. The van der Waals surface area contributed by atoms with Gasteiger partial charge in [-0.15, -0.1) is 0 Å². The highest BCUT2D eigenvalue weighted by molar-refractivity contribution is 7.91. The zero-order valence-electron chi connectivity index (χ0n) is 15.6. The fourth-order valence-corrected chi connectivity index (χ4v) is 4.92. The molecule has 5 heteroatoms. The molecule has 1 aromatic carbocycles. The predicted molar refractivity (Wildman–Crippen MR) is 109 cm³/mol. The average molecular weight is 379 g/mol. The minimum atomic E-state index is -0.739. The summed E-state index contributed by atoms with van der Waals surface area (Å²) in [5, 5.41) is 3.12. The predicted octanol–water partition coefficient (Wildman–Crippen LogP) is 4.99. The Morgan fingerprint density at radius 2 is 2.00 bits per heavy atom. The summed E-state index contributed by atoms with van der Waals surface area (Å²) < 4.78 is 12.2. The second-order valence-electron chi connectivity index (χ2n) is 7.63. The summed E-state index contributed by atoms with van der Waals surface area (Å²) in [6, 6.07) is 6.79. The first kappa shape index (κ1) is 18.8. The third-order valence-electron chi connectivity index (χ3n) is 5.32. The first-order valence-electron chi connectivity index (χ1n) is 9.01. The number of halogens is 1. The van der Waals surface area contributed by atoms with E-state index in [1.54, 1.807) is 0 Å². The van der Waals surface area contributed by atoms with Crippen LogP contribution < -0.4 is 4.90 Å². The van der Waals surface area contributed by atoms with Gasteiger partial charge in [-0.1, -0.05) is 42.7 Å². The second kappa shape index (κ2) is 7.34. The van der Waals surface area contributed by atoms with E-state index >= 15 is 0 Å². The van der Waals surface area contributed by atoms with Crippen LogP contribution in [-0.4, -0.2) is 33.1 Å². The molecule has 0 spiro atoms. The summed E-state index contributed by atoms with van der Waals surface area (Å²) in [5.74, 6) is 1.72. The average Bonchev–Trinajstić information content (AvgIpc) is 2.56. The fourth-order valence-electron chi connectivity index (χ4n) is 3.58. The SMILES string of the molecule is CC(C)c1ccc(N2C[C@H](C[S+]([O-])C(C)C)[C@H]2C)c2cnc(Cl)cc12. The molecule has 3 atom stereocenters. The molecule has 0 radical (unpaired) electrons. The van der Waals surface area contributed by atoms with E-state index in [1.807, 2.05) is 26.1 Å². The molecule has 0 amide bonds. The molecule has 1 aliphatic rings. The van der Waals surface area contributed by atoms with Crippen LogP contribution in [0.25, 0.3) is 10.8 Å². The van der Waals surface area contributed by atoms with Gasteiger partial charge in [0.2, 0.25) is 0 Å². The van der Waals surface area contributed by atoms with Gasteiger partial charge < -0.3 is 9.45 Å². The van der Waals surface area contributed by atoms with Gasteiger partial charge in [-0.2, -0.15) is 0 Å². The number of fused-ring (bicyclic) bond motifs is 1. The van der Waals surface area contributed by atoms with Gasteiger partial charge in [-0.05, 0) is 49.8 Å². The van der Waals surface area contributed by atoms with E-state index in [4.69, 9.17) is 11.6 Å². The molecule has 1 unspecified atom stereocenters. The molecule has 1 saturated heterocycles. The van der Waals surface area contributed by atoms with Crippen molar-refractivity contribution in [2.24, 2.45) is 5.92 Å². The third kappa shape index (κ3) is 3.62. The molecule has 0 bridgehead atoms. The number of rotatable bonds is 5. The lowest BCUT2D eigenvalue weighted by atomic mass is 9.89. The molecule has 25 heavy (non-hydrogen) atoms. The van der Waals surface area contributed by atoms with Crippen molar-refractivity contribution < 1.29 is 4.55 Å². The normalized spacial score (nSPS) is 21.9. The van der Waals surface area contributed by atoms with Crippen molar-refractivity contribution in [2.45, 2.75) is 51.8 Å². The molecule has 0 aliphatic carbocycles. The van der Waals surface area contributed by atoms with Gasteiger partial charge in [0.15, 0.2) is 0 Å². The first-order valence-corrected chi connectivity index (χ1v) is 10.8. The van der Waals surface area contributed by atoms with Crippen LogP contribution in [0.2, 0.25) is 5.15 Å². The van der Waals surface area contributed by atoms with E-state index in [0.717, 1.165) is 17.7 Å². The van der Waals surface area contributed by atoms with E-state index in [2.05, 4.69) is 42.8 Å². The molecule has 2 heterocycles. The number of hydrogen-bond acceptors (Lipinski definition) is 3. The topological polar surface area (TPSA) is 39.2 Å². The molecule has 1 fully saturated rings. The lowest BCUT2D eigenvalue weighted by Crippen LogP contribution is -2.57. The summed E-state index contributed by atoms with van der Waals surface area (Å²) in [6.07, 6.45) is 1.89. The Kier molecular flexibility index (Phi) is 5.52. The number of benzene rings is 1. The maximum absolute atomic E-state index is 12.2. The standard InChI is InChI=1S/C20H27ClN2OS/c1-12(2)16-6-7-19(18-9-22-20(21)8-17(16)18)23-10-15(14(23)5)11-25(24)13(3)4/h6-9,12-15H,10-11H2,1-5H3/t14-,15-,25?/m1/s1. The molecular formula is C20H27ClN2OS. The van der Waals surface area contributed by atoms with Gasteiger partial charge in [0.1, 0.15) is 16.2 Å². The molecule has 3 rings (SSSR count).